The molecule has 1 fully saturated rings. The molecule has 1 unspecified atom stereocenters. The molecule has 0 aliphatic carbocycles. The number of hydrogen-bond acceptors (Lipinski definition) is 8. The number of halogens is 3. The highest BCUT2D eigenvalue weighted by Crippen LogP contribution is 2.31. The number of phenols is 1. The second kappa shape index (κ2) is 10.1. The van der Waals surface area contributed by atoms with Gasteiger partial charge in [0.25, 0.3) is 0 Å². The summed E-state index contributed by atoms with van der Waals surface area (Å²) in [5, 5.41) is 20.2. The fourth-order valence-corrected chi connectivity index (χ4v) is 4.90. The zero-order valence-electron chi connectivity index (χ0n) is 20.4. The third-order valence-corrected chi connectivity index (χ3v) is 7.16. The highest BCUT2D eigenvalue weighted by molar-refractivity contribution is 5.61. The highest BCUT2D eigenvalue weighted by atomic mass is 19.4. The average Bonchev–Trinajstić information content (AvgIpc) is 2.91. The van der Waals surface area contributed by atoms with Gasteiger partial charge in [0.2, 0.25) is 11.9 Å². The Morgan fingerprint density at radius 2 is 1.65 bits per heavy atom. The molecule has 0 spiro atoms. The summed E-state index contributed by atoms with van der Waals surface area (Å²) in [6, 6.07) is 12.8. The molecule has 37 heavy (non-hydrogen) atoms. The van der Waals surface area contributed by atoms with E-state index >= 15 is 0 Å². The molecule has 0 amide bonds. The first-order chi connectivity index (χ1) is 17.7. The van der Waals surface area contributed by atoms with Crippen LogP contribution in [0, 0.1) is 0 Å². The van der Waals surface area contributed by atoms with Gasteiger partial charge in [-0.25, -0.2) is 0 Å². The Kier molecular flexibility index (Phi) is 6.91. The van der Waals surface area contributed by atoms with Gasteiger partial charge >= 0.3 is 6.18 Å². The number of alkyl halides is 3. The second-order valence-electron chi connectivity index (χ2n) is 9.49. The van der Waals surface area contributed by atoms with Crippen LogP contribution in [0.15, 0.2) is 48.5 Å². The molecular formula is C26H29F3N6O2. The molecule has 0 saturated carbocycles. The highest BCUT2D eigenvalue weighted by Gasteiger charge is 2.41. The minimum atomic E-state index is -4.28. The van der Waals surface area contributed by atoms with E-state index in [1.165, 1.54) is 11.8 Å². The molecule has 196 valence electrons. The van der Waals surface area contributed by atoms with Crippen molar-refractivity contribution in [2.24, 2.45) is 0 Å². The van der Waals surface area contributed by atoms with Crippen LogP contribution in [0.4, 0.5) is 25.1 Å². The molecule has 3 aromatic rings. The summed E-state index contributed by atoms with van der Waals surface area (Å²) in [6.07, 6.45) is -3.65. The van der Waals surface area contributed by atoms with E-state index < -0.39 is 12.2 Å². The lowest BCUT2D eigenvalue weighted by molar-refractivity contribution is -0.179. The number of anilines is 2. The van der Waals surface area contributed by atoms with Gasteiger partial charge in [0.15, 0.2) is 5.82 Å². The fourth-order valence-electron chi connectivity index (χ4n) is 4.90. The van der Waals surface area contributed by atoms with E-state index in [9.17, 15) is 23.4 Å². The molecule has 1 aromatic heterocycles. The van der Waals surface area contributed by atoms with E-state index in [0.29, 0.717) is 49.3 Å². The summed E-state index contributed by atoms with van der Waals surface area (Å²) in [5.74, 6) is 1.15. The Balaban J connectivity index is 1.49. The lowest BCUT2D eigenvalue weighted by Gasteiger charge is -2.39. The summed E-state index contributed by atoms with van der Waals surface area (Å²) in [7, 11) is 0. The first-order valence-corrected chi connectivity index (χ1v) is 12.3. The topological polar surface area (TPSA) is 88.9 Å². The molecule has 11 heteroatoms. The number of aromatic hydroxyl groups is 1. The SMILES string of the molecule is C[C@@H](N1CCN(c2nc(-c3cccc(O)c3)nc(N3Cc4ccccc4CC3CO)n2)CC1)C(F)(F)F. The first-order valence-electron chi connectivity index (χ1n) is 12.3. The summed E-state index contributed by atoms with van der Waals surface area (Å²) < 4.78 is 39.7. The lowest BCUT2D eigenvalue weighted by Crippen LogP contribution is -2.54. The molecule has 5 rings (SSSR count). The van der Waals surface area contributed by atoms with E-state index in [1.807, 2.05) is 34.1 Å². The average molecular weight is 515 g/mol. The largest absolute Gasteiger partial charge is 0.508 e. The van der Waals surface area contributed by atoms with Crippen molar-refractivity contribution >= 4 is 11.9 Å². The molecule has 3 heterocycles. The fraction of sp³-hybridized carbons (Fsp3) is 0.423. The Morgan fingerprint density at radius 1 is 0.946 bits per heavy atom. The van der Waals surface area contributed by atoms with Crippen molar-refractivity contribution < 1.29 is 23.4 Å². The van der Waals surface area contributed by atoms with Gasteiger partial charge in [-0.15, -0.1) is 0 Å². The Bertz CT molecular complexity index is 1250. The van der Waals surface area contributed by atoms with Gasteiger partial charge in [0.1, 0.15) is 11.8 Å². The van der Waals surface area contributed by atoms with Gasteiger partial charge in [-0.2, -0.15) is 28.1 Å². The van der Waals surface area contributed by atoms with Crippen LogP contribution in [0.1, 0.15) is 18.1 Å². The van der Waals surface area contributed by atoms with E-state index in [4.69, 9.17) is 9.97 Å². The van der Waals surface area contributed by atoms with Crippen LogP contribution >= 0.6 is 0 Å². The molecule has 2 atom stereocenters. The number of hydrogen-bond donors (Lipinski definition) is 2. The van der Waals surface area contributed by atoms with Crippen molar-refractivity contribution in [1.82, 2.24) is 19.9 Å². The smallest absolute Gasteiger partial charge is 0.403 e. The maximum absolute atomic E-state index is 13.2. The van der Waals surface area contributed by atoms with E-state index in [2.05, 4.69) is 4.98 Å². The van der Waals surface area contributed by atoms with Crippen LogP contribution in [-0.2, 0) is 13.0 Å². The predicted octanol–water partition coefficient (Wildman–Crippen LogP) is 3.24. The van der Waals surface area contributed by atoms with E-state index in [1.54, 1.807) is 24.3 Å². The van der Waals surface area contributed by atoms with Crippen LogP contribution < -0.4 is 9.80 Å². The van der Waals surface area contributed by atoms with Crippen LogP contribution in [0.2, 0.25) is 0 Å². The van der Waals surface area contributed by atoms with E-state index in [0.717, 1.165) is 11.1 Å². The maximum Gasteiger partial charge on any atom is 0.403 e. The van der Waals surface area contributed by atoms with Crippen LogP contribution in [-0.4, -0.2) is 81.1 Å². The summed E-state index contributed by atoms with van der Waals surface area (Å²) >= 11 is 0. The molecule has 0 bridgehead atoms. The third-order valence-electron chi connectivity index (χ3n) is 7.16. The van der Waals surface area contributed by atoms with Crippen molar-refractivity contribution in [2.45, 2.75) is 38.1 Å². The molecule has 8 nitrogen and oxygen atoms in total. The number of fused-ring (bicyclic) bond motifs is 1. The Morgan fingerprint density at radius 3 is 2.32 bits per heavy atom. The Labute approximate surface area is 213 Å². The van der Waals surface area contributed by atoms with Crippen LogP contribution in [0.3, 0.4) is 0 Å². The number of aromatic nitrogens is 3. The molecular weight excluding hydrogens is 485 g/mol. The molecule has 2 aromatic carbocycles. The standard InChI is InChI=1S/C26H29F3N6O2/c1-17(26(27,28)29)33-9-11-34(12-10-33)24-30-23(19-7-4-8-22(37)14-19)31-25(32-24)35-15-20-6-3-2-5-18(20)13-21(35)16-36/h2-8,14,17,21,36-37H,9-13,15-16H2,1H3/t17-,21?/m1/s1. The van der Waals surface area contributed by atoms with Gasteiger partial charge in [0, 0.05) is 38.3 Å². The van der Waals surface area contributed by atoms with Crippen LogP contribution in [0.25, 0.3) is 11.4 Å². The maximum atomic E-state index is 13.2. The van der Waals surface area contributed by atoms with Crippen molar-refractivity contribution in [2.75, 3.05) is 42.6 Å². The van der Waals surface area contributed by atoms with Gasteiger partial charge in [-0.3, -0.25) is 4.90 Å². The third kappa shape index (κ3) is 5.33. The zero-order valence-corrected chi connectivity index (χ0v) is 20.4. The van der Waals surface area contributed by atoms with Gasteiger partial charge in [0.05, 0.1) is 12.6 Å². The van der Waals surface area contributed by atoms with Gasteiger partial charge in [-0.1, -0.05) is 36.4 Å². The number of benzene rings is 2. The summed E-state index contributed by atoms with van der Waals surface area (Å²) in [4.78, 5) is 19.3. The number of aliphatic hydroxyl groups is 1. The summed E-state index contributed by atoms with van der Waals surface area (Å²) in [5.41, 5.74) is 2.87. The number of nitrogens with zero attached hydrogens (tertiary/aromatic N) is 6. The second-order valence-corrected chi connectivity index (χ2v) is 9.49. The minimum Gasteiger partial charge on any atom is -0.508 e. The molecule has 2 aliphatic heterocycles. The normalized spacial score (nSPS) is 19.5. The quantitative estimate of drug-likeness (QED) is 0.537. The zero-order chi connectivity index (χ0) is 26.2. The lowest BCUT2D eigenvalue weighted by atomic mass is 9.94. The van der Waals surface area contributed by atoms with Crippen molar-refractivity contribution in [3.8, 4) is 17.1 Å². The number of phenolic OH excluding ortho intramolecular Hbond substituents is 1. The molecule has 2 N–H and O–H groups in total. The molecule has 1 saturated heterocycles. The van der Waals surface area contributed by atoms with Crippen molar-refractivity contribution in [3.63, 3.8) is 0 Å². The predicted molar refractivity (Wildman–Crippen MR) is 133 cm³/mol. The van der Waals surface area contributed by atoms with Gasteiger partial charge in [-0.05, 0) is 36.6 Å². The number of piperazine rings is 1. The monoisotopic (exact) mass is 514 g/mol. The number of aliphatic hydroxyl groups excluding tert-OH is 1. The first kappa shape index (κ1) is 25.2. The van der Waals surface area contributed by atoms with E-state index in [-0.39, 0.29) is 31.5 Å². The summed E-state index contributed by atoms with van der Waals surface area (Å²) in [6.45, 7) is 2.69. The minimum absolute atomic E-state index is 0.0656. The van der Waals surface area contributed by atoms with Crippen LogP contribution in [0.5, 0.6) is 5.75 Å². The molecule has 0 radical (unpaired) electrons. The molecule has 2 aliphatic rings. The van der Waals surface area contributed by atoms with Crippen molar-refractivity contribution in [1.29, 1.82) is 0 Å². The number of rotatable bonds is 5. The Hall–Kier alpha value is -3.44. The van der Waals surface area contributed by atoms with Crippen molar-refractivity contribution in [3.05, 3.63) is 59.7 Å². The van der Waals surface area contributed by atoms with Gasteiger partial charge < -0.3 is 20.0 Å².